The van der Waals surface area contributed by atoms with Gasteiger partial charge in [0.05, 0.1) is 4.92 Å². The zero-order valence-corrected chi connectivity index (χ0v) is 4.14. The van der Waals surface area contributed by atoms with E-state index in [0.29, 0.717) is 0 Å². The fourth-order valence-electron chi connectivity index (χ4n) is 0.368. The highest BCUT2D eigenvalue weighted by Crippen LogP contribution is 2.05. The molecule has 0 saturated carbocycles. The molecule has 46 valence electrons. The van der Waals surface area contributed by atoms with Gasteiger partial charge in [0.15, 0.2) is 0 Å². The Kier molecular flexibility index (Phi) is 1.07. The summed E-state index contributed by atoms with van der Waals surface area (Å²) in [4.78, 5) is 19.2. The molecule has 0 spiro atoms. The number of rotatable bonds is 1. The van der Waals surface area contributed by atoms with Crippen molar-refractivity contribution in [2.45, 2.75) is 0 Å². The first-order valence-corrected chi connectivity index (χ1v) is 2.01. The Hall–Kier alpha value is -1.59. The van der Waals surface area contributed by atoms with Crippen molar-refractivity contribution in [2.75, 3.05) is 0 Å². The lowest BCUT2D eigenvalue weighted by Crippen LogP contribution is -2.04. The topological polar surface area (TPSA) is 84.9 Å². The molecule has 1 rings (SSSR count). The average molecular weight is 127 g/mol. The van der Waals surface area contributed by atoms with E-state index in [1.165, 1.54) is 0 Å². The summed E-state index contributed by atoms with van der Waals surface area (Å²) in [5, 5.41) is 15.7. The van der Waals surface area contributed by atoms with Crippen LogP contribution >= 0.6 is 0 Å². The Bertz CT molecular complexity index is 228. The molecular formula is C3HN3O3. The lowest BCUT2D eigenvalue weighted by molar-refractivity contribution is -0.418. The normalized spacial score (nSPS) is 16.0. The number of carbonyl (C=O) groups excluding carboxylic acids is 1. The minimum absolute atomic E-state index is 0.574. The van der Waals surface area contributed by atoms with Crippen molar-refractivity contribution in [3.63, 3.8) is 0 Å². The van der Waals surface area contributed by atoms with E-state index < -0.39 is 16.5 Å². The minimum atomic E-state index is -0.889. The van der Waals surface area contributed by atoms with E-state index in [-0.39, 0.29) is 0 Å². The van der Waals surface area contributed by atoms with Gasteiger partial charge in [-0.3, -0.25) is 14.9 Å². The molecule has 1 heterocycles. The maximum Gasteiger partial charge on any atom is 0.367 e. The molecule has 1 aliphatic heterocycles. The molecule has 0 aromatic rings. The number of carbonyl (C=O) groups is 1. The first-order chi connectivity index (χ1) is 4.22. The van der Waals surface area contributed by atoms with Crippen LogP contribution in [0.15, 0.2) is 22.1 Å². The molecule has 0 aromatic carbocycles. The first kappa shape index (κ1) is 5.54. The molecular weight excluding hydrogens is 126 g/mol. The Labute approximate surface area is 49.0 Å². The van der Waals surface area contributed by atoms with E-state index in [1.54, 1.807) is 0 Å². The molecule has 0 atom stereocenters. The van der Waals surface area contributed by atoms with E-state index in [0.717, 1.165) is 6.20 Å². The van der Waals surface area contributed by atoms with Crippen LogP contribution in [0.5, 0.6) is 0 Å². The van der Waals surface area contributed by atoms with Crippen LogP contribution in [-0.2, 0) is 4.79 Å². The number of hydrogen-bond acceptors (Lipinski definition) is 4. The largest absolute Gasteiger partial charge is 0.367 e. The van der Waals surface area contributed by atoms with Crippen LogP contribution < -0.4 is 0 Å². The third-order valence-corrected chi connectivity index (χ3v) is 0.744. The van der Waals surface area contributed by atoms with Crippen LogP contribution in [-0.4, -0.2) is 10.8 Å². The molecule has 0 radical (unpaired) electrons. The predicted octanol–water partition coefficient (Wildman–Crippen LogP) is 0.0969. The van der Waals surface area contributed by atoms with Crippen molar-refractivity contribution in [3.05, 3.63) is 22.0 Å². The van der Waals surface area contributed by atoms with Crippen LogP contribution in [0, 0.1) is 10.1 Å². The van der Waals surface area contributed by atoms with E-state index in [9.17, 15) is 14.9 Å². The Morgan fingerprint density at radius 2 is 2.33 bits per heavy atom. The molecule has 6 heteroatoms. The number of hydrogen-bond donors (Lipinski definition) is 0. The summed E-state index contributed by atoms with van der Waals surface area (Å²) < 4.78 is 0. The third kappa shape index (κ3) is 0.809. The molecule has 1 amide bonds. The van der Waals surface area contributed by atoms with E-state index in [1.807, 2.05) is 0 Å². The van der Waals surface area contributed by atoms with Crippen molar-refractivity contribution in [2.24, 2.45) is 10.2 Å². The molecule has 0 bridgehead atoms. The van der Waals surface area contributed by atoms with Gasteiger partial charge in [0.1, 0.15) is 6.20 Å². The zero-order valence-electron chi connectivity index (χ0n) is 4.14. The number of azo groups is 1. The molecule has 0 saturated heterocycles. The van der Waals surface area contributed by atoms with Crippen LogP contribution in [0.1, 0.15) is 0 Å². The smallest absolute Gasteiger partial charge is 0.258 e. The molecule has 0 N–H and O–H groups in total. The highest BCUT2D eigenvalue weighted by molar-refractivity contribution is 5.92. The van der Waals surface area contributed by atoms with E-state index in [4.69, 9.17) is 0 Å². The third-order valence-electron chi connectivity index (χ3n) is 0.744. The van der Waals surface area contributed by atoms with E-state index in [2.05, 4.69) is 10.2 Å². The summed E-state index contributed by atoms with van der Waals surface area (Å²) in [6.45, 7) is 0. The van der Waals surface area contributed by atoms with Crippen molar-refractivity contribution in [1.29, 1.82) is 0 Å². The number of nitro groups is 1. The quantitative estimate of drug-likeness (QED) is 0.369. The molecule has 1 aliphatic rings. The van der Waals surface area contributed by atoms with Gasteiger partial charge in [-0.1, -0.05) is 0 Å². The molecule has 0 unspecified atom stereocenters. The van der Waals surface area contributed by atoms with Crippen molar-refractivity contribution >= 4 is 5.91 Å². The van der Waals surface area contributed by atoms with Crippen molar-refractivity contribution < 1.29 is 9.72 Å². The van der Waals surface area contributed by atoms with Crippen LogP contribution in [0.4, 0.5) is 0 Å². The Morgan fingerprint density at radius 1 is 1.67 bits per heavy atom. The molecule has 0 aromatic heterocycles. The van der Waals surface area contributed by atoms with Gasteiger partial charge in [-0.15, -0.1) is 10.2 Å². The molecule has 6 nitrogen and oxygen atoms in total. The summed E-state index contributed by atoms with van der Waals surface area (Å²) in [6.07, 6.45) is 0.822. The zero-order chi connectivity index (χ0) is 6.85. The molecule has 0 fully saturated rings. The van der Waals surface area contributed by atoms with Gasteiger partial charge >= 0.3 is 11.6 Å². The van der Waals surface area contributed by atoms with Crippen molar-refractivity contribution in [1.82, 2.24) is 0 Å². The maximum atomic E-state index is 10.2. The fraction of sp³-hybridized carbons (Fsp3) is 0. The van der Waals surface area contributed by atoms with Crippen LogP contribution in [0.2, 0.25) is 0 Å². The lowest BCUT2D eigenvalue weighted by atomic mass is 10.5. The second-order valence-electron chi connectivity index (χ2n) is 1.29. The van der Waals surface area contributed by atoms with E-state index >= 15 is 0 Å². The molecule has 0 aliphatic carbocycles. The average Bonchev–Trinajstić information content (AvgIpc) is 2.13. The van der Waals surface area contributed by atoms with Crippen LogP contribution in [0.25, 0.3) is 0 Å². The summed E-state index contributed by atoms with van der Waals surface area (Å²) in [6, 6.07) is 0. The standard InChI is InChI=1S/C3HN3O3/c7-3-2(6(8)9)1-4-5-3/h1H. The van der Waals surface area contributed by atoms with Gasteiger partial charge in [0.25, 0.3) is 0 Å². The molecule has 9 heavy (non-hydrogen) atoms. The summed E-state index contributed by atoms with van der Waals surface area (Å²) in [5.74, 6) is -0.889. The first-order valence-electron chi connectivity index (χ1n) is 2.01. The Morgan fingerprint density at radius 3 is 2.56 bits per heavy atom. The SMILES string of the molecule is O=C1N=NC=C1[N+](=O)[O-]. The monoisotopic (exact) mass is 127 g/mol. The summed E-state index contributed by atoms with van der Waals surface area (Å²) in [5.41, 5.74) is -0.574. The predicted molar refractivity (Wildman–Crippen MR) is 24.9 cm³/mol. The maximum absolute atomic E-state index is 10.2. The summed E-state index contributed by atoms with van der Waals surface area (Å²) >= 11 is 0. The minimum Gasteiger partial charge on any atom is -0.258 e. The highest BCUT2D eigenvalue weighted by atomic mass is 16.6. The van der Waals surface area contributed by atoms with Crippen LogP contribution in [0.3, 0.4) is 0 Å². The second kappa shape index (κ2) is 1.73. The lowest BCUT2D eigenvalue weighted by Gasteiger charge is -1.80. The number of nitrogens with zero attached hydrogens (tertiary/aromatic N) is 3. The van der Waals surface area contributed by atoms with Gasteiger partial charge < -0.3 is 0 Å². The van der Waals surface area contributed by atoms with Gasteiger partial charge in [-0.05, 0) is 0 Å². The fourth-order valence-corrected chi connectivity index (χ4v) is 0.368. The Balaban J connectivity index is 2.88. The number of amides is 1. The van der Waals surface area contributed by atoms with Crippen molar-refractivity contribution in [3.8, 4) is 0 Å². The second-order valence-corrected chi connectivity index (χ2v) is 1.29. The van der Waals surface area contributed by atoms with Gasteiger partial charge in [0.2, 0.25) is 0 Å². The van der Waals surface area contributed by atoms with Gasteiger partial charge in [-0.2, -0.15) is 0 Å². The summed E-state index contributed by atoms with van der Waals surface area (Å²) in [7, 11) is 0. The van der Waals surface area contributed by atoms with Gasteiger partial charge in [0, 0.05) is 0 Å². The van der Waals surface area contributed by atoms with Gasteiger partial charge in [-0.25, -0.2) is 0 Å². The highest BCUT2D eigenvalue weighted by Gasteiger charge is 2.24.